The van der Waals surface area contributed by atoms with Crippen molar-refractivity contribution >= 4 is 50.4 Å². The molecule has 0 amide bonds. The SMILES string of the molecule is CCN(CC)c1ccc2cc(-c3nnc(Nc4cccc(Cl)c4)s3)c(=O)oc2c1. The predicted octanol–water partition coefficient (Wildman–Crippen LogP) is 5.55. The second kappa shape index (κ2) is 8.23. The first kappa shape index (κ1) is 19.4. The Bertz CT molecular complexity index is 1220. The summed E-state index contributed by atoms with van der Waals surface area (Å²) in [5.74, 6) is 0. The second-order valence-electron chi connectivity index (χ2n) is 6.39. The molecule has 0 unspecified atom stereocenters. The van der Waals surface area contributed by atoms with Crippen LogP contribution >= 0.6 is 22.9 Å². The third-order valence-electron chi connectivity index (χ3n) is 4.58. The lowest BCUT2D eigenvalue weighted by molar-refractivity contribution is 0.563. The van der Waals surface area contributed by atoms with Crippen molar-refractivity contribution in [1.82, 2.24) is 10.2 Å². The highest BCUT2D eigenvalue weighted by molar-refractivity contribution is 7.18. The van der Waals surface area contributed by atoms with Gasteiger partial charge < -0.3 is 14.6 Å². The summed E-state index contributed by atoms with van der Waals surface area (Å²) in [6.45, 7) is 5.96. The number of nitrogens with zero attached hydrogens (tertiary/aromatic N) is 3. The van der Waals surface area contributed by atoms with Crippen LogP contribution in [0.5, 0.6) is 0 Å². The van der Waals surface area contributed by atoms with E-state index in [1.807, 2.05) is 30.3 Å². The summed E-state index contributed by atoms with van der Waals surface area (Å²) in [6, 6.07) is 15.0. The molecule has 0 fully saturated rings. The molecule has 0 spiro atoms. The van der Waals surface area contributed by atoms with Crippen molar-refractivity contribution in [1.29, 1.82) is 0 Å². The van der Waals surface area contributed by atoms with Gasteiger partial charge in [-0.15, -0.1) is 10.2 Å². The molecule has 6 nitrogen and oxygen atoms in total. The van der Waals surface area contributed by atoms with Crippen LogP contribution in [-0.2, 0) is 0 Å². The summed E-state index contributed by atoms with van der Waals surface area (Å²) in [5.41, 5.74) is 2.35. The van der Waals surface area contributed by atoms with E-state index in [9.17, 15) is 4.79 Å². The Kier molecular flexibility index (Phi) is 5.51. The second-order valence-corrected chi connectivity index (χ2v) is 7.80. The summed E-state index contributed by atoms with van der Waals surface area (Å²) in [6.07, 6.45) is 0. The number of hydrogen-bond acceptors (Lipinski definition) is 7. The largest absolute Gasteiger partial charge is 0.422 e. The normalized spacial score (nSPS) is 11.0. The van der Waals surface area contributed by atoms with E-state index < -0.39 is 5.63 Å². The molecule has 0 saturated heterocycles. The van der Waals surface area contributed by atoms with Gasteiger partial charge in [0.2, 0.25) is 5.13 Å². The minimum absolute atomic E-state index is 0.393. The smallest absolute Gasteiger partial charge is 0.346 e. The Morgan fingerprint density at radius 3 is 2.69 bits per heavy atom. The van der Waals surface area contributed by atoms with Crippen molar-refractivity contribution < 1.29 is 4.42 Å². The van der Waals surface area contributed by atoms with E-state index in [1.165, 1.54) is 11.3 Å². The van der Waals surface area contributed by atoms with Gasteiger partial charge in [0, 0.05) is 40.9 Å². The third kappa shape index (κ3) is 4.11. The Morgan fingerprint density at radius 1 is 1.10 bits per heavy atom. The zero-order valence-corrected chi connectivity index (χ0v) is 17.5. The third-order valence-corrected chi connectivity index (χ3v) is 5.69. The quantitative estimate of drug-likeness (QED) is 0.407. The van der Waals surface area contributed by atoms with Crippen LogP contribution in [0.4, 0.5) is 16.5 Å². The molecule has 0 aliphatic rings. The maximum absolute atomic E-state index is 12.6. The fraction of sp³-hybridized carbons (Fsp3) is 0.190. The maximum Gasteiger partial charge on any atom is 0.346 e. The summed E-state index contributed by atoms with van der Waals surface area (Å²) < 4.78 is 5.59. The molecule has 0 saturated carbocycles. The molecule has 148 valence electrons. The molecule has 4 aromatic rings. The summed E-state index contributed by atoms with van der Waals surface area (Å²) in [7, 11) is 0. The summed E-state index contributed by atoms with van der Waals surface area (Å²) in [4.78, 5) is 14.8. The van der Waals surface area contributed by atoms with Gasteiger partial charge in [0.25, 0.3) is 0 Å². The van der Waals surface area contributed by atoms with Crippen molar-refractivity contribution in [2.75, 3.05) is 23.3 Å². The van der Waals surface area contributed by atoms with Gasteiger partial charge in [0.05, 0.1) is 5.56 Å². The number of aromatic nitrogens is 2. The van der Waals surface area contributed by atoms with E-state index in [-0.39, 0.29) is 0 Å². The average Bonchev–Trinajstić information content (AvgIpc) is 3.16. The highest BCUT2D eigenvalue weighted by atomic mass is 35.5. The first-order valence-electron chi connectivity index (χ1n) is 9.26. The van der Waals surface area contributed by atoms with Crippen LogP contribution in [0.1, 0.15) is 13.8 Å². The zero-order valence-electron chi connectivity index (χ0n) is 16.0. The van der Waals surface area contributed by atoms with E-state index in [1.54, 1.807) is 18.2 Å². The number of halogens is 1. The molecule has 1 N–H and O–H groups in total. The van der Waals surface area contributed by atoms with Gasteiger partial charge in [0.1, 0.15) is 5.58 Å². The van der Waals surface area contributed by atoms with Gasteiger partial charge in [0.15, 0.2) is 5.01 Å². The van der Waals surface area contributed by atoms with Crippen LogP contribution in [-0.4, -0.2) is 23.3 Å². The molecule has 0 atom stereocenters. The van der Waals surface area contributed by atoms with Gasteiger partial charge in [-0.3, -0.25) is 0 Å². The van der Waals surface area contributed by atoms with Gasteiger partial charge in [-0.2, -0.15) is 0 Å². The minimum Gasteiger partial charge on any atom is -0.422 e. The molecule has 29 heavy (non-hydrogen) atoms. The Labute approximate surface area is 176 Å². The van der Waals surface area contributed by atoms with Crippen molar-refractivity contribution in [3.8, 4) is 10.6 Å². The Morgan fingerprint density at radius 2 is 1.93 bits per heavy atom. The van der Waals surface area contributed by atoms with Gasteiger partial charge >= 0.3 is 5.63 Å². The highest BCUT2D eigenvalue weighted by Gasteiger charge is 2.14. The molecular weight excluding hydrogens is 408 g/mol. The lowest BCUT2D eigenvalue weighted by Gasteiger charge is -2.20. The molecule has 4 rings (SSSR count). The molecule has 0 radical (unpaired) electrons. The lowest BCUT2D eigenvalue weighted by Crippen LogP contribution is -2.21. The van der Waals surface area contributed by atoms with Crippen LogP contribution in [0.2, 0.25) is 5.02 Å². The van der Waals surface area contributed by atoms with E-state index in [0.29, 0.717) is 26.3 Å². The molecule has 8 heteroatoms. The predicted molar refractivity (Wildman–Crippen MR) is 120 cm³/mol. The van der Waals surface area contributed by atoms with Crippen molar-refractivity contribution in [2.24, 2.45) is 0 Å². The maximum atomic E-state index is 12.6. The molecule has 2 aromatic heterocycles. The topological polar surface area (TPSA) is 71.3 Å². The number of rotatable bonds is 6. The number of hydrogen-bond donors (Lipinski definition) is 1. The van der Waals surface area contributed by atoms with Crippen LogP contribution in [0.15, 0.2) is 57.7 Å². The summed E-state index contributed by atoms with van der Waals surface area (Å²) in [5, 5.41) is 14.0. The van der Waals surface area contributed by atoms with Gasteiger partial charge in [-0.25, -0.2) is 4.79 Å². The molecule has 0 aliphatic heterocycles. The average molecular weight is 427 g/mol. The fourth-order valence-corrected chi connectivity index (χ4v) is 4.06. The monoisotopic (exact) mass is 426 g/mol. The van der Waals surface area contributed by atoms with Crippen LogP contribution in [0.25, 0.3) is 21.5 Å². The number of benzene rings is 2. The number of anilines is 3. The van der Waals surface area contributed by atoms with E-state index in [0.717, 1.165) is 29.9 Å². The van der Waals surface area contributed by atoms with Crippen molar-refractivity contribution in [2.45, 2.75) is 13.8 Å². The van der Waals surface area contributed by atoms with Crippen molar-refractivity contribution in [3.05, 3.63) is 64.0 Å². The zero-order chi connectivity index (χ0) is 20.4. The Balaban J connectivity index is 1.66. The molecule has 2 aromatic carbocycles. The summed E-state index contributed by atoms with van der Waals surface area (Å²) >= 11 is 7.29. The Hall–Kier alpha value is -2.90. The standard InChI is InChI=1S/C21H19ClN4O2S/c1-3-26(4-2)16-9-8-13-10-17(20(27)28-18(13)12-16)19-24-25-21(29-19)23-15-7-5-6-14(22)11-15/h5-12H,3-4H2,1-2H3,(H,23,25). The molecule has 0 bridgehead atoms. The molecule has 0 aliphatic carbocycles. The number of fused-ring (bicyclic) bond motifs is 1. The lowest BCUT2D eigenvalue weighted by atomic mass is 10.1. The van der Waals surface area contributed by atoms with Crippen LogP contribution in [0.3, 0.4) is 0 Å². The molecular formula is C21H19ClN4O2S. The molecule has 2 heterocycles. The first-order valence-corrected chi connectivity index (χ1v) is 10.5. The first-order chi connectivity index (χ1) is 14.1. The highest BCUT2D eigenvalue weighted by Crippen LogP contribution is 2.30. The van der Waals surface area contributed by atoms with Gasteiger partial charge in [-0.1, -0.05) is 29.0 Å². The minimum atomic E-state index is -0.431. The van der Waals surface area contributed by atoms with Crippen molar-refractivity contribution in [3.63, 3.8) is 0 Å². The van der Waals surface area contributed by atoms with E-state index in [2.05, 4.69) is 34.3 Å². The van der Waals surface area contributed by atoms with E-state index in [4.69, 9.17) is 16.0 Å². The number of nitrogens with one attached hydrogen (secondary N) is 1. The van der Waals surface area contributed by atoms with Crippen LogP contribution < -0.4 is 15.8 Å². The van der Waals surface area contributed by atoms with E-state index >= 15 is 0 Å². The van der Waals surface area contributed by atoms with Crippen LogP contribution in [0, 0.1) is 0 Å². The van der Waals surface area contributed by atoms with Gasteiger partial charge in [-0.05, 0) is 50.2 Å². The fourth-order valence-electron chi connectivity index (χ4n) is 3.11.